The van der Waals surface area contributed by atoms with Crippen LogP contribution in [0.4, 0.5) is 10.2 Å². The topological polar surface area (TPSA) is 71.0 Å². The highest BCUT2D eigenvalue weighted by Crippen LogP contribution is 2.29. The van der Waals surface area contributed by atoms with Gasteiger partial charge >= 0.3 is 0 Å². The van der Waals surface area contributed by atoms with Crippen LogP contribution in [0.5, 0.6) is 0 Å². The number of aromatic nitrogens is 3. The molecule has 154 valence electrons. The zero-order chi connectivity index (χ0) is 20.9. The Bertz CT molecular complexity index is 1030. The molecule has 1 aliphatic heterocycles. The van der Waals surface area contributed by atoms with E-state index < -0.39 is 0 Å². The quantitative estimate of drug-likeness (QED) is 0.701. The lowest BCUT2D eigenvalue weighted by atomic mass is 9.93. The average molecular weight is 405 g/mol. The molecule has 0 radical (unpaired) electrons. The number of benzene rings is 1. The van der Waals surface area contributed by atoms with Gasteiger partial charge < -0.3 is 10.2 Å². The minimum Gasteiger partial charge on any atom is -0.373 e. The van der Waals surface area contributed by atoms with Crippen LogP contribution in [-0.2, 0) is 11.2 Å². The van der Waals surface area contributed by atoms with Crippen LogP contribution in [0.25, 0.3) is 11.4 Å². The molecule has 1 amide bonds. The maximum Gasteiger partial charge on any atom is 0.227 e. The van der Waals surface area contributed by atoms with Crippen molar-refractivity contribution in [3.63, 3.8) is 0 Å². The Hall–Kier alpha value is -3.35. The number of carbonyl (C=O) groups excluding carboxylic acids is 1. The van der Waals surface area contributed by atoms with Gasteiger partial charge in [-0.25, -0.2) is 14.4 Å². The maximum atomic E-state index is 13.9. The second kappa shape index (κ2) is 8.98. The summed E-state index contributed by atoms with van der Waals surface area (Å²) in [6.07, 6.45) is 5.34. The number of nitrogens with zero attached hydrogens (tertiary/aromatic N) is 4. The third-order valence-electron chi connectivity index (χ3n) is 5.43. The molecule has 0 saturated carbocycles. The van der Waals surface area contributed by atoms with Gasteiger partial charge in [0.05, 0.1) is 12.1 Å². The Labute approximate surface area is 175 Å². The van der Waals surface area contributed by atoms with E-state index in [9.17, 15) is 9.18 Å². The Morgan fingerprint density at radius 1 is 1.20 bits per heavy atom. The SMILES string of the molecule is CNc1cc(C2CCCN(C(=O)Cc3ccccc3F)C2)nc(-c2ccncc2)n1. The van der Waals surface area contributed by atoms with Crippen LogP contribution in [0.3, 0.4) is 0 Å². The van der Waals surface area contributed by atoms with Gasteiger partial charge in [0, 0.05) is 50.1 Å². The normalized spacial score (nSPS) is 16.3. The first-order chi connectivity index (χ1) is 14.6. The zero-order valence-electron chi connectivity index (χ0n) is 16.9. The lowest BCUT2D eigenvalue weighted by Crippen LogP contribution is -2.40. The standard InChI is InChI=1S/C23H24FN5O/c1-25-21-14-20(27-23(28-21)16-8-10-26-11-9-16)18-6-4-12-29(15-18)22(30)13-17-5-2-3-7-19(17)24/h2-3,5,7-11,14,18H,4,6,12-13,15H2,1H3,(H,25,27,28). The van der Waals surface area contributed by atoms with Crippen molar-refractivity contribution < 1.29 is 9.18 Å². The molecular weight excluding hydrogens is 381 g/mol. The lowest BCUT2D eigenvalue weighted by Gasteiger charge is -2.33. The van der Waals surface area contributed by atoms with E-state index in [0.29, 0.717) is 24.5 Å². The molecule has 1 atom stereocenters. The molecule has 0 aliphatic carbocycles. The molecule has 1 aliphatic rings. The van der Waals surface area contributed by atoms with Crippen LogP contribution in [0, 0.1) is 5.82 Å². The van der Waals surface area contributed by atoms with Crippen LogP contribution < -0.4 is 5.32 Å². The molecule has 1 unspecified atom stereocenters. The van der Waals surface area contributed by atoms with E-state index in [4.69, 9.17) is 4.98 Å². The molecule has 2 aromatic heterocycles. The summed E-state index contributed by atoms with van der Waals surface area (Å²) in [6, 6.07) is 12.1. The number of hydrogen-bond acceptors (Lipinski definition) is 5. The Balaban J connectivity index is 1.54. The van der Waals surface area contributed by atoms with E-state index in [1.165, 1.54) is 6.07 Å². The summed E-state index contributed by atoms with van der Waals surface area (Å²) >= 11 is 0. The number of carbonyl (C=O) groups is 1. The second-order valence-electron chi connectivity index (χ2n) is 7.43. The fourth-order valence-electron chi connectivity index (χ4n) is 3.79. The van der Waals surface area contributed by atoms with Crippen molar-refractivity contribution >= 4 is 11.7 Å². The van der Waals surface area contributed by atoms with Crippen molar-refractivity contribution in [1.82, 2.24) is 19.9 Å². The van der Waals surface area contributed by atoms with Crippen LogP contribution in [0.2, 0.25) is 0 Å². The number of anilines is 1. The first kappa shape index (κ1) is 19.9. The average Bonchev–Trinajstić information content (AvgIpc) is 2.81. The number of pyridine rings is 1. The number of piperidine rings is 1. The Morgan fingerprint density at radius 3 is 2.77 bits per heavy atom. The monoisotopic (exact) mass is 405 g/mol. The summed E-state index contributed by atoms with van der Waals surface area (Å²) < 4.78 is 13.9. The summed E-state index contributed by atoms with van der Waals surface area (Å²) in [5.41, 5.74) is 2.24. The summed E-state index contributed by atoms with van der Waals surface area (Å²) in [5, 5.41) is 3.10. The number of nitrogens with one attached hydrogen (secondary N) is 1. The molecule has 0 spiro atoms. The van der Waals surface area contributed by atoms with Gasteiger partial charge in [-0.2, -0.15) is 0 Å². The first-order valence-corrected chi connectivity index (χ1v) is 10.1. The van der Waals surface area contributed by atoms with Crippen LogP contribution in [0.1, 0.15) is 30.0 Å². The second-order valence-corrected chi connectivity index (χ2v) is 7.43. The van der Waals surface area contributed by atoms with Crippen molar-refractivity contribution in [2.24, 2.45) is 0 Å². The van der Waals surface area contributed by atoms with E-state index in [2.05, 4.69) is 15.3 Å². The third-order valence-corrected chi connectivity index (χ3v) is 5.43. The molecule has 1 aromatic carbocycles. The molecule has 30 heavy (non-hydrogen) atoms. The highest BCUT2D eigenvalue weighted by atomic mass is 19.1. The van der Waals surface area contributed by atoms with Gasteiger partial charge in [0.25, 0.3) is 0 Å². The highest BCUT2D eigenvalue weighted by Gasteiger charge is 2.27. The largest absolute Gasteiger partial charge is 0.373 e. The first-order valence-electron chi connectivity index (χ1n) is 10.1. The van der Waals surface area contributed by atoms with Crippen LogP contribution in [-0.4, -0.2) is 45.9 Å². The fraction of sp³-hybridized carbons (Fsp3) is 0.304. The molecule has 1 N–H and O–H groups in total. The number of halogens is 1. The summed E-state index contributed by atoms with van der Waals surface area (Å²) in [6.45, 7) is 1.26. The van der Waals surface area contributed by atoms with Crippen molar-refractivity contribution in [2.75, 3.05) is 25.5 Å². The number of rotatable bonds is 5. The van der Waals surface area contributed by atoms with Crippen LogP contribution >= 0.6 is 0 Å². The van der Waals surface area contributed by atoms with Gasteiger partial charge in [-0.3, -0.25) is 9.78 Å². The van der Waals surface area contributed by atoms with Gasteiger partial charge in [0.1, 0.15) is 11.6 Å². The van der Waals surface area contributed by atoms with Crippen molar-refractivity contribution in [3.8, 4) is 11.4 Å². The Morgan fingerprint density at radius 2 is 2.00 bits per heavy atom. The van der Waals surface area contributed by atoms with E-state index in [-0.39, 0.29) is 24.1 Å². The predicted octanol–water partition coefficient (Wildman–Crippen LogP) is 3.67. The van der Waals surface area contributed by atoms with Gasteiger partial charge in [-0.15, -0.1) is 0 Å². The minimum absolute atomic E-state index is 0.0537. The zero-order valence-corrected chi connectivity index (χ0v) is 16.9. The van der Waals surface area contributed by atoms with E-state index in [1.54, 1.807) is 30.6 Å². The molecule has 4 rings (SSSR count). The van der Waals surface area contributed by atoms with Crippen LogP contribution in [0.15, 0.2) is 54.9 Å². The molecule has 7 heteroatoms. The molecule has 1 fully saturated rings. The van der Waals surface area contributed by atoms with E-state index in [1.807, 2.05) is 30.1 Å². The smallest absolute Gasteiger partial charge is 0.227 e. The highest BCUT2D eigenvalue weighted by molar-refractivity contribution is 5.79. The maximum absolute atomic E-state index is 13.9. The molecule has 3 heterocycles. The van der Waals surface area contributed by atoms with Gasteiger partial charge in [-0.05, 0) is 36.6 Å². The van der Waals surface area contributed by atoms with Gasteiger partial charge in [0.15, 0.2) is 5.82 Å². The minimum atomic E-state index is -0.337. The van der Waals surface area contributed by atoms with Crippen molar-refractivity contribution in [1.29, 1.82) is 0 Å². The van der Waals surface area contributed by atoms with Crippen molar-refractivity contribution in [2.45, 2.75) is 25.2 Å². The molecular formula is C23H24FN5O. The number of amides is 1. The van der Waals surface area contributed by atoms with E-state index in [0.717, 1.165) is 29.9 Å². The lowest BCUT2D eigenvalue weighted by molar-refractivity contribution is -0.131. The molecule has 1 saturated heterocycles. The third kappa shape index (κ3) is 4.45. The molecule has 0 bridgehead atoms. The summed E-state index contributed by atoms with van der Waals surface area (Å²) in [5.74, 6) is 1.09. The van der Waals surface area contributed by atoms with Gasteiger partial charge in [-0.1, -0.05) is 18.2 Å². The molecule has 3 aromatic rings. The van der Waals surface area contributed by atoms with E-state index >= 15 is 0 Å². The summed E-state index contributed by atoms with van der Waals surface area (Å²) in [7, 11) is 1.83. The Kier molecular flexibility index (Phi) is 5.97. The number of hydrogen-bond donors (Lipinski definition) is 1. The van der Waals surface area contributed by atoms with Gasteiger partial charge in [0.2, 0.25) is 5.91 Å². The number of likely N-dealkylation sites (tertiary alicyclic amines) is 1. The predicted molar refractivity (Wildman–Crippen MR) is 113 cm³/mol. The fourth-order valence-corrected chi connectivity index (χ4v) is 3.79. The molecule has 6 nitrogen and oxygen atoms in total. The summed E-state index contributed by atoms with van der Waals surface area (Å²) in [4.78, 5) is 28.1. The van der Waals surface area contributed by atoms with Crippen molar-refractivity contribution in [3.05, 3.63) is 71.9 Å².